The van der Waals surface area contributed by atoms with Crippen molar-refractivity contribution in [1.82, 2.24) is 0 Å². The van der Waals surface area contributed by atoms with Crippen LogP contribution in [0.25, 0.3) is 11.0 Å². The topological polar surface area (TPSA) is 13.1 Å². The SMILES string of the molecule is [2H]Cc1coc2ccc(C(C)C)cc12. The summed E-state index contributed by atoms with van der Waals surface area (Å²) in [6.07, 6.45) is 1.68. The molecule has 0 unspecified atom stereocenters. The van der Waals surface area contributed by atoms with Gasteiger partial charge in [0.25, 0.3) is 0 Å². The van der Waals surface area contributed by atoms with Crippen LogP contribution in [-0.2, 0) is 0 Å². The van der Waals surface area contributed by atoms with Gasteiger partial charge in [0.1, 0.15) is 5.58 Å². The van der Waals surface area contributed by atoms with E-state index >= 15 is 0 Å². The molecule has 0 fully saturated rings. The molecule has 2 rings (SSSR count). The molecule has 0 N–H and O–H groups in total. The fourth-order valence-corrected chi connectivity index (χ4v) is 1.46. The Bertz CT molecular complexity index is 443. The molecule has 1 nitrogen and oxygen atoms in total. The number of rotatable bonds is 1. The van der Waals surface area contributed by atoms with E-state index in [0.717, 1.165) is 16.5 Å². The standard InChI is InChI=1S/C12H14O/c1-8(2)10-4-5-12-11(6-10)9(3)7-13-12/h4-8H,1-3H3/i3D. The molecule has 0 bridgehead atoms. The van der Waals surface area contributed by atoms with Crippen molar-refractivity contribution in [1.29, 1.82) is 0 Å². The minimum absolute atomic E-state index is 0.286. The van der Waals surface area contributed by atoms with Gasteiger partial charge in [-0.15, -0.1) is 0 Å². The fourth-order valence-electron chi connectivity index (χ4n) is 1.46. The summed E-state index contributed by atoms with van der Waals surface area (Å²) < 4.78 is 12.7. The molecule has 0 atom stereocenters. The summed E-state index contributed by atoms with van der Waals surface area (Å²) in [4.78, 5) is 0. The molecule has 0 spiro atoms. The number of fused-ring (bicyclic) bond motifs is 1. The average Bonchev–Trinajstić information content (AvgIpc) is 2.59. The Labute approximate surface area is 79.8 Å². The van der Waals surface area contributed by atoms with Crippen LogP contribution in [-0.4, -0.2) is 0 Å². The largest absolute Gasteiger partial charge is 0.464 e. The van der Waals surface area contributed by atoms with Crippen LogP contribution in [0.1, 0.15) is 32.3 Å². The predicted octanol–water partition coefficient (Wildman–Crippen LogP) is 3.86. The molecule has 0 saturated carbocycles. The number of hydrogen-bond donors (Lipinski definition) is 0. The summed E-state index contributed by atoms with van der Waals surface area (Å²) >= 11 is 0. The molecule has 2 aromatic rings. The van der Waals surface area contributed by atoms with Crippen LogP contribution in [0, 0.1) is 6.90 Å². The van der Waals surface area contributed by atoms with Gasteiger partial charge in [-0.05, 0) is 36.1 Å². The normalized spacial score (nSPS) is 12.4. The lowest BCUT2D eigenvalue weighted by Crippen LogP contribution is -1.85. The van der Waals surface area contributed by atoms with E-state index in [1.54, 1.807) is 6.26 Å². The number of furan rings is 1. The predicted molar refractivity (Wildman–Crippen MR) is 55.0 cm³/mol. The van der Waals surface area contributed by atoms with Gasteiger partial charge < -0.3 is 4.42 Å². The zero-order valence-electron chi connectivity index (χ0n) is 9.00. The van der Waals surface area contributed by atoms with Crippen molar-refractivity contribution >= 4 is 11.0 Å². The number of aryl methyl sites for hydroxylation is 1. The lowest BCUT2D eigenvalue weighted by atomic mass is 10.0. The van der Waals surface area contributed by atoms with E-state index in [-0.39, 0.29) is 6.90 Å². The summed E-state index contributed by atoms with van der Waals surface area (Å²) in [6, 6.07) is 6.21. The van der Waals surface area contributed by atoms with Gasteiger partial charge in [0.05, 0.1) is 6.26 Å². The zero-order valence-corrected chi connectivity index (χ0v) is 8.00. The molecule has 0 aliphatic heterocycles. The van der Waals surface area contributed by atoms with E-state index in [0.29, 0.717) is 5.92 Å². The molecule has 1 aromatic heterocycles. The maximum atomic E-state index is 7.36. The molecule has 68 valence electrons. The second kappa shape index (κ2) is 2.91. The molecule has 0 radical (unpaired) electrons. The van der Waals surface area contributed by atoms with Crippen LogP contribution in [0.15, 0.2) is 28.9 Å². The third kappa shape index (κ3) is 1.35. The Kier molecular flexibility index (Phi) is 1.61. The summed E-state index contributed by atoms with van der Waals surface area (Å²) in [6.45, 7) is 4.62. The van der Waals surface area contributed by atoms with Gasteiger partial charge in [0.2, 0.25) is 0 Å². The highest BCUT2D eigenvalue weighted by atomic mass is 16.3. The van der Waals surface area contributed by atoms with E-state index in [1.165, 1.54) is 5.56 Å². The van der Waals surface area contributed by atoms with E-state index in [4.69, 9.17) is 5.79 Å². The monoisotopic (exact) mass is 175 g/mol. The van der Waals surface area contributed by atoms with Crippen molar-refractivity contribution in [2.45, 2.75) is 26.7 Å². The van der Waals surface area contributed by atoms with Gasteiger partial charge in [0, 0.05) is 6.76 Å². The summed E-state index contributed by atoms with van der Waals surface area (Å²) in [5.41, 5.74) is 3.16. The smallest absolute Gasteiger partial charge is 0.134 e. The summed E-state index contributed by atoms with van der Waals surface area (Å²) in [5.74, 6) is 0.521. The minimum atomic E-state index is 0.286. The lowest BCUT2D eigenvalue weighted by molar-refractivity contribution is 0.613. The molecule has 1 aromatic carbocycles. The lowest BCUT2D eigenvalue weighted by Gasteiger charge is -2.04. The number of hydrogen-bond acceptors (Lipinski definition) is 1. The Morgan fingerprint density at radius 3 is 2.92 bits per heavy atom. The van der Waals surface area contributed by atoms with Crippen LogP contribution in [0.2, 0.25) is 0 Å². The Hall–Kier alpha value is -1.24. The highest BCUT2D eigenvalue weighted by Gasteiger charge is 2.04. The van der Waals surface area contributed by atoms with Gasteiger partial charge in [-0.2, -0.15) is 0 Å². The molecular weight excluding hydrogens is 160 g/mol. The van der Waals surface area contributed by atoms with Gasteiger partial charge >= 0.3 is 0 Å². The van der Waals surface area contributed by atoms with Crippen molar-refractivity contribution in [2.24, 2.45) is 0 Å². The first-order valence-electron chi connectivity index (χ1n) is 5.22. The molecule has 13 heavy (non-hydrogen) atoms. The second-order valence-corrected chi connectivity index (χ2v) is 3.67. The van der Waals surface area contributed by atoms with E-state index in [9.17, 15) is 0 Å². The second-order valence-electron chi connectivity index (χ2n) is 3.67. The third-order valence-corrected chi connectivity index (χ3v) is 2.34. The molecule has 1 heterocycles. The Morgan fingerprint density at radius 1 is 1.38 bits per heavy atom. The van der Waals surface area contributed by atoms with Crippen LogP contribution in [0.5, 0.6) is 0 Å². The van der Waals surface area contributed by atoms with Crippen molar-refractivity contribution < 1.29 is 5.79 Å². The molecular formula is C12H14O. The summed E-state index contributed by atoms with van der Waals surface area (Å²) in [7, 11) is 0. The Balaban J connectivity index is 2.61. The van der Waals surface area contributed by atoms with Crippen LogP contribution < -0.4 is 0 Å². The maximum absolute atomic E-state index is 7.36. The van der Waals surface area contributed by atoms with Gasteiger partial charge in [-0.25, -0.2) is 0 Å². The van der Waals surface area contributed by atoms with Crippen molar-refractivity contribution in [3.8, 4) is 0 Å². The first-order chi connectivity index (χ1) is 6.72. The van der Waals surface area contributed by atoms with Crippen LogP contribution in [0.3, 0.4) is 0 Å². The fraction of sp³-hybridized carbons (Fsp3) is 0.333. The third-order valence-electron chi connectivity index (χ3n) is 2.34. The molecule has 0 amide bonds. The van der Waals surface area contributed by atoms with Gasteiger partial charge in [-0.1, -0.05) is 19.9 Å². The molecule has 0 saturated heterocycles. The molecule has 0 aliphatic carbocycles. The zero-order chi connectivity index (χ0) is 10.1. The quantitative estimate of drug-likeness (QED) is 0.641. The first-order valence-corrected chi connectivity index (χ1v) is 4.51. The van der Waals surface area contributed by atoms with Crippen LogP contribution >= 0.6 is 0 Å². The maximum Gasteiger partial charge on any atom is 0.134 e. The van der Waals surface area contributed by atoms with Crippen molar-refractivity contribution in [2.75, 3.05) is 0 Å². The van der Waals surface area contributed by atoms with E-state index in [1.807, 2.05) is 6.07 Å². The first kappa shape index (κ1) is 7.19. The summed E-state index contributed by atoms with van der Waals surface area (Å²) in [5, 5.41) is 1.09. The Morgan fingerprint density at radius 2 is 2.23 bits per heavy atom. The van der Waals surface area contributed by atoms with E-state index in [2.05, 4.69) is 26.0 Å². The van der Waals surface area contributed by atoms with Gasteiger partial charge in [0.15, 0.2) is 0 Å². The average molecular weight is 175 g/mol. The van der Waals surface area contributed by atoms with E-state index < -0.39 is 0 Å². The van der Waals surface area contributed by atoms with Crippen molar-refractivity contribution in [3.63, 3.8) is 0 Å². The highest BCUT2D eigenvalue weighted by molar-refractivity contribution is 5.81. The number of benzene rings is 1. The minimum Gasteiger partial charge on any atom is -0.464 e. The van der Waals surface area contributed by atoms with Gasteiger partial charge in [-0.3, -0.25) is 0 Å². The van der Waals surface area contributed by atoms with Crippen LogP contribution in [0.4, 0.5) is 0 Å². The highest BCUT2D eigenvalue weighted by Crippen LogP contribution is 2.24. The molecule has 1 heteroatoms. The van der Waals surface area contributed by atoms with Crippen molar-refractivity contribution in [3.05, 3.63) is 35.6 Å². The molecule has 0 aliphatic rings.